The van der Waals surface area contributed by atoms with Crippen LogP contribution in [0.4, 0.5) is 5.69 Å². The van der Waals surface area contributed by atoms with Gasteiger partial charge in [0, 0.05) is 13.0 Å². The zero-order valence-corrected chi connectivity index (χ0v) is 12.7. The minimum atomic E-state index is -0.789. The summed E-state index contributed by atoms with van der Waals surface area (Å²) in [6, 6.07) is 3.49. The van der Waals surface area contributed by atoms with E-state index in [9.17, 15) is 24.8 Å². The maximum atomic E-state index is 12.1. The third-order valence-electron chi connectivity index (χ3n) is 2.54. The van der Waals surface area contributed by atoms with Gasteiger partial charge in [0.15, 0.2) is 4.32 Å². The molecule has 1 aliphatic rings. The molecule has 0 bridgehead atoms. The van der Waals surface area contributed by atoms with Crippen LogP contribution in [0.15, 0.2) is 23.1 Å². The fraction of sp³-hybridized carbons (Fsp3) is 0.0833. The quantitative estimate of drug-likeness (QED) is 0.377. The third-order valence-corrected chi connectivity index (χ3v) is 3.84. The summed E-state index contributed by atoms with van der Waals surface area (Å²) in [5.41, 5.74) is 2.02. The molecule has 0 aromatic heterocycles. The smallest absolute Gasteiger partial charge is 0.285 e. The van der Waals surface area contributed by atoms with E-state index in [0.717, 1.165) is 28.9 Å². The van der Waals surface area contributed by atoms with Crippen LogP contribution >= 0.6 is 24.0 Å². The van der Waals surface area contributed by atoms with E-state index in [1.165, 1.54) is 19.1 Å². The van der Waals surface area contributed by atoms with Crippen LogP contribution in [0.25, 0.3) is 6.08 Å². The van der Waals surface area contributed by atoms with Gasteiger partial charge < -0.3 is 5.11 Å². The number of hydrazine groups is 1. The Bertz CT molecular complexity index is 731. The van der Waals surface area contributed by atoms with Crippen molar-refractivity contribution in [3.8, 4) is 5.75 Å². The maximum absolute atomic E-state index is 12.1. The number of thiocarbonyl (C=S) groups is 1. The molecule has 0 spiro atoms. The molecule has 114 valence electrons. The monoisotopic (exact) mass is 338 g/mol. The van der Waals surface area contributed by atoms with E-state index in [1.54, 1.807) is 0 Å². The summed E-state index contributed by atoms with van der Waals surface area (Å²) in [6.07, 6.45) is 1.37. The third kappa shape index (κ3) is 3.23. The molecule has 22 heavy (non-hydrogen) atoms. The van der Waals surface area contributed by atoms with Crippen LogP contribution in [0, 0.1) is 10.1 Å². The fourth-order valence-electron chi connectivity index (χ4n) is 1.64. The predicted octanol–water partition coefficient (Wildman–Crippen LogP) is 0.921. The minimum Gasteiger partial charge on any atom is -0.868 e. The number of amides is 2. The van der Waals surface area contributed by atoms with E-state index in [2.05, 4.69) is 5.43 Å². The van der Waals surface area contributed by atoms with Gasteiger partial charge >= 0.3 is 0 Å². The summed E-state index contributed by atoms with van der Waals surface area (Å²) in [4.78, 5) is 33.2. The molecule has 1 saturated heterocycles. The number of nitrogens with one attached hydrogen (secondary N) is 1. The zero-order chi connectivity index (χ0) is 16.4. The van der Waals surface area contributed by atoms with Gasteiger partial charge in [-0.3, -0.25) is 25.1 Å². The van der Waals surface area contributed by atoms with Crippen molar-refractivity contribution >= 4 is 51.9 Å². The lowest BCUT2D eigenvalue weighted by Gasteiger charge is -2.13. The summed E-state index contributed by atoms with van der Waals surface area (Å²) in [7, 11) is 0. The first-order valence-electron chi connectivity index (χ1n) is 5.80. The van der Waals surface area contributed by atoms with Crippen LogP contribution in [-0.2, 0) is 9.59 Å². The van der Waals surface area contributed by atoms with E-state index in [1.807, 2.05) is 0 Å². The highest BCUT2D eigenvalue weighted by Crippen LogP contribution is 2.32. The molecule has 2 amide bonds. The largest absolute Gasteiger partial charge is 0.868 e. The second-order valence-corrected chi connectivity index (χ2v) is 5.85. The molecule has 1 aromatic rings. The van der Waals surface area contributed by atoms with Gasteiger partial charge in [0.1, 0.15) is 0 Å². The van der Waals surface area contributed by atoms with Crippen LogP contribution < -0.4 is 10.5 Å². The predicted molar refractivity (Wildman–Crippen MR) is 81.4 cm³/mol. The van der Waals surface area contributed by atoms with Gasteiger partial charge in [-0.15, -0.1) is 0 Å². The molecule has 0 saturated carbocycles. The number of carbonyl (C=O) groups is 2. The van der Waals surface area contributed by atoms with Crippen molar-refractivity contribution < 1.29 is 19.6 Å². The lowest BCUT2D eigenvalue weighted by Crippen LogP contribution is -2.43. The molecule has 0 unspecified atom stereocenters. The lowest BCUT2D eigenvalue weighted by atomic mass is 10.1. The summed E-state index contributed by atoms with van der Waals surface area (Å²) >= 11 is 5.91. The number of nitrogens with zero attached hydrogens (tertiary/aromatic N) is 2. The van der Waals surface area contributed by atoms with Crippen molar-refractivity contribution in [1.82, 2.24) is 10.4 Å². The molecule has 10 heteroatoms. The van der Waals surface area contributed by atoms with Crippen molar-refractivity contribution in [2.45, 2.75) is 6.92 Å². The minimum absolute atomic E-state index is 0.140. The molecule has 1 fully saturated rings. The molecule has 2 rings (SSSR count). The summed E-state index contributed by atoms with van der Waals surface area (Å²) in [5.74, 6) is -1.71. The van der Waals surface area contributed by atoms with Gasteiger partial charge in [0.05, 0.1) is 9.83 Å². The Morgan fingerprint density at radius 1 is 1.50 bits per heavy atom. The summed E-state index contributed by atoms with van der Waals surface area (Å²) in [6.45, 7) is 1.23. The number of benzene rings is 1. The Morgan fingerprint density at radius 2 is 2.18 bits per heavy atom. The van der Waals surface area contributed by atoms with Crippen LogP contribution in [0.2, 0.25) is 0 Å². The number of hydrogen-bond donors (Lipinski definition) is 1. The topological polar surface area (TPSA) is 116 Å². The normalized spacial score (nSPS) is 16.2. The molecular weight excluding hydrogens is 330 g/mol. The Labute approximate surface area is 133 Å². The van der Waals surface area contributed by atoms with E-state index < -0.39 is 28.2 Å². The van der Waals surface area contributed by atoms with E-state index in [0.29, 0.717) is 5.56 Å². The van der Waals surface area contributed by atoms with Gasteiger partial charge in [-0.25, -0.2) is 0 Å². The molecule has 0 radical (unpaired) electrons. The van der Waals surface area contributed by atoms with E-state index >= 15 is 0 Å². The highest BCUT2D eigenvalue weighted by atomic mass is 32.2. The number of rotatable bonds is 3. The molecule has 0 aliphatic carbocycles. The van der Waals surface area contributed by atoms with Gasteiger partial charge in [0.2, 0.25) is 5.91 Å². The van der Waals surface area contributed by atoms with Gasteiger partial charge in [0.25, 0.3) is 11.6 Å². The Morgan fingerprint density at radius 3 is 2.77 bits per heavy atom. The molecule has 1 heterocycles. The molecule has 1 aromatic carbocycles. The number of hydrogen-bond acceptors (Lipinski definition) is 7. The maximum Gasteiger partial charge on any atom is 0.285 e. The summed E-state index contributed by atoms with van der Waals surface area (Å²) in [5, 5.41) is 23.0. The zero-order valence-electron chi connectivity index (χ0n) is 11.1. The molecule has 1 N–H and O–H groups in total. The van der Waals surface area contributed by atoms with Gasteiger partial charge in [-0.05, 0) is 29.6 Å². The second kappa shape index (κ2) is 6.12. The average molecular weight is 338 g/mol. The van der Waals surface area contributed by atoms with Crippen LogP contribution in [0.5, 0.6) is 5.75 Å². The van der Waals surface area contributed by atoms with Crippen molar-refractivity contribution in [2.24, 2.45) is 0 Å². The SMILES string of the molecule is CC(=O)NN1C(=O)/C(=C\c2ccc([O-])c([N+](=O)[O-])c2)SC1=S. The second-order valence-electron chi connectivity index (χ2n) is 4.17. The van der Waals surface area contributed by atoms with E-state index in [-0.39, 0.29) is 9.23 Å². The fourth-order valence-corrected chi connectivity index (χ4v) is 2.82. The first-order chi connectivity index (χ1) is 10.3. The first-order valence-corrected chi connectivity index (χ1v) is 7.02. The highest BCUT2D eigenvalue weighted by Gasteiger charge is 2.33. The number of carbonyl (C=O) groups excluding carboxylic acids is 2. The lowest BCUT2D eigenvalue weighted by molar-refractivity contribution is -0.398. The highest BCUT2D eigenvalue weighted by molar-refractivity contribution is 8.26. The van der Waals surface area contributed by atoms with Crippen molar-refractivity contribution in [3.63, 3.8) is 0 Å². The van der Waals surface area contributed by atoms with Crippen LogP contribution in [0.1, 0.15) is 12.5 Å². The van der Waals surface area contributed by atoms with Crippen LogP contribution in [0.3, 0.4) is 0 Å². The van der Waals surface area contributed by atoms with Crippen molar-refractivity contribution in [3.05, 3.63) is 38.8 Å². The molecular formula is C12H8N3O5S2-. The van der Waals surface area contributed by atoms with Crippen molar-refractivity contribution in [2.75, 3.05) is 0 Å². The summed E-state index contributed by atoms with van der Waals surface area (Å²) < 4.78 is 0.140. The first kappa shape index (κ1) is 15.9. The number of nitro benzene ring substituents is 1. The average Bonchev–Trinajstić information content (AvgIpc) is 2.68. The van der Waals surface area contributed by atoms with Crippen LogP contribution in [-0.4, -0.2) is 26.1 Å². The Hall–Kier alpha value is -2.46. The Kier molecular flexibility index (Phi) is 4.43. The van der Waals surface area contributed by atoms with Gasteiger partial charge in [-0.2, -0.15) is 5.01 Å². The Balaban J connectivity index is 2.33. The molecule has 8 nitrogen and oxygen atoms in total. The van der Waals surface area contributed by atoms with E-state index in [4.69, 9.17) is 12.2 Å². The standard InChI is InChI=1S/C12H9N3O5S2/c1-6(16)13-14-11(18)10(22-12(14)21)5-7-2-3-9(17)8(4-7)15(19)20/h2-5,17H,1H3,(H,13,16)/p-1/b10-5+. The number of thioether (sulfide) groups is 1. The number of nitro groups is 1. The van der Waals surface area contributed by atoms with Gasteiger partial charge in [-0.1, -0.05) is 23.9 Å². The van der Waals surface area contributed by atoms with Crippen molar-refractivity contribution in [1.29, 1.82) is 0 Å². The molecule has 0 atom stereocenters. The molecule has 1 aliphatic heterocycles.